The second kappa shape index (κ2) is 8.14. The van der Waals surface area contributed by atoms with E-state index in [2.05, 4.69) is 5.10 Å². The summed E-state index contributed by atoms with van der Waals surface area (Å²) in [6, 6.07) is 1.41. The third-order valence-corrected chi connectivity index (χ3v) is 3.18. The maximum absolute atomic E-state index is 11.2. The number of thioether (sulfide) groups is 1. The van der Waals surface area contributed by atoms with Gasteiger partial charge in [0.05, 0.1) is 6.61 Å². The lowest BCUT2D eigenvalue weighted by Gasteiger charge is -2.09. The molecule has 1 rings (SSSR count). The molecule has 17 heavy (non-hydrogen) atoms. The maximum Gasteiger partial charge on any atom is 0.322 e. The van der Waals surface area contributed by atoms with Crippen molar-refractivity contribution in [2.75, 3.05) is 18.1 Å². The molecule has 5 nitrogen and oxygen atoms in total. The Hall–Kier alpha value is -1.01. The summed E-state index contributed by atoms with van der Waals surface area (Å²) >= 11 is 1.77. The Balaban J connectivity index is 2.02. The fourth-order valence-corrected chi connectivity index (χ4v) is 2.21. The highest BCUT2D eigenvalue weighted by molar-refractivity contribution is 7.99. The molecule has 0 spiro atoms. The van der Waals surface area contributed by atoms with Crippen LogP contribution in [0.2, 0.25) is 0 Å². The molecule has 0 bridgehead atoms. The number of nitrogens with zero attached hydrogens (tertiary/aromatic N) is 2. The van der Waals surface area contributed by atoms with Gasteiger partial charge in [0.1, 0.15) is 6.04 Å². The van der Waals surface area contributed by atoms with Crippen LogP contribution in [0.3, 0.4) is 0 Å². The highest BCUT2D eigenvalue weighted by Gasteiger charge is 2.13. The average molecular weight is 257 g/mol. The van der Waals surface area contributed by atoms with Gasteiger partial charge in [0, 0.05) is 24.7 Å². The Morgan fingerprint density at radius 2 is 2.41 bits per heavy atom. The number of ether oxygens (including phenoxy) is 1. The average Bonchev–Trinajstić information content (AvgIpc) is 2.81. The van der Waals surface area contributed by atoms with Crippen LogP contribution in [0.4, 0.5) is 0 Å². The molecule has 0 amide bonds. The summed E-state index contributed by atoms with van der Waals surface area (Å²) in [4.78, 5) is 11.2. The molecule has 0 saturated carbocycles. The number of carbonyl (C=O) groups excluding carboxylic acids is 1. The van der Waals surface area contributed by atoms with E-state index in [0.717, 1.165) is 18.1 Å². The van der Waals surface area contributed by atoms with Gasteiger partial charge in [-0.15, -0.1) is 0 Å². The molecule has 0 aliphatic heterocycles. The van der Waals surface area contributed by atoms with E-state index in [1.165, 1.54) is 0 Å². The van der Waals surface area contributed by atoms with Crippen molar-refractivity contribution in [1.29, 1.82) is 0 Å². The highest BCUT2D eigenvalue weighted by atomic mass is 32.2. The zero-order chi connectivity index (χ0) is 12.5. The zero-order valence-electron chi connectivity index (χ0n) is 10.0. The monoisotopic (exact) mass is 257 g/mol. The lowest BCUT2D eigenvalue weighted by Crippen LogP contribution is -2.32. The summed E-state index contributed by atoms with van der Waals surface area (Å²) in [7, 11) is 0. The van der Waals surface area contributed by atoms with E-state index in [-0.39, 0.29) is 5.97 Å². The lowest BCUT2D eigenvalue weighted by atomic mass is 10.2. The number of carbonyl (C=O) groups is 1. The summed E-state index contributed by atoms with van der Waals surface area (Å²) in [5.74, 6) is 1.53. The molecule has 1 atom stereocenters. The van der Waals surface area contributed by atoms with E-state index in [1.807, 2.05) is 16.9 Å². The fraction of sp³-hybridized carbons (Fsp3) is 0.636. The number of rotatable bonds is 8. The Bertz CT molecular complexity index is 317. The summed E-state index contributed by atoms with van der Waals surface area (Å²) in [5.41, 5.74) is 5.67. The molecular weight excluding hydrogens is 238 g/mol. The van der Waals surface area contributed by atoms with E-state index in [1.54, 1.807) is 24.9 Å². The number of aryl methyl sites for hydroxylation is 1. The van der Waals surface area contributed by atoms with Crippen LogP contribution in [0.5, 0.6) is 0 Å². The molecule has 96 valence electrons. The fourth-order valence-electron chi connectivity index (χ4n) is 1.27. The molecule has 0 saturated heterocycles. The van der Waals surface area contributed by atoms with Gasteiger partial charge in [-0.05, 0) is 25.2 Å². The van der Waals surface area contributed by atoms with Crippen LogP contribution in [-0.2, 0) is 16.1 Å². The van der Waals surface area contributed by atoms with E-state index < -0.39 is 6.04 Å². The van der Waals surface area contributed by atoms with Crippen LogP contribution in [0.1, 0.15) is 13.3 Å². The first kappa shape index (κ1) is 14.1. The van der Waals surface area contributed by atoms with Crippen LogP contribution in [0, 0.1) is 0 Å². The largest absolute Gasteiger partial charge is 0.465 e. The molecule has 1 heterocycles. The zero-order valence-corrected chi connectivity index (χ0v) is 10.9. The maximum atomic E-state index is 11.2. The van der Waals surface area contributed by atoms with Gasteiger partial charge in [-0.3, -0.25) is 9.48 Å². The van der Waals surface area contributed by atoms with Crippen LogP contribution >= 0.6 is 11.8 Å². The minimum Gasteiger partial charge on any atom is -0.465 e. The minimum atomic E-state index is -0.493. The first-order chi connectivity index (χ1) is 8.24. The van der Waals surface area contributed by atoms with Gasteiger partial charge in [-0.2, -0.15) is 16.9 Å². The number of esters is 1. The number of nitrogens with two attached hydrogens (primary N) is 1. The van der Waals surface area contributed by atoms with E-state index in [9.17, 15) is 4.79 Å². The predicted octanol–water partition coefficient (Wildman–Crippen LogP) is 0.897. The quantitative estimate of drug-likeness (QED) is 0.553. The van der Waals surface area contributed by atoms with Crippen molar-refractivity contribution < 1.29 is 9.53 Å². The van der Waals surface area contributed by atoms with Crippen LogP contribution in [0.25, 0.3) is 0 Å². The predicted molar refractivity (Wildman–Crippen MR) is 68.8 cm³/mol. The number of hydrogen-bond acceptors (Lipinski definition) is 5. The molecule has 1 unspecified atom stereocenters. The standard InChI is InChI=1S/C11H19N3O2S/c1-2-16-11(15)10(12)4-8-17-9-7-14-6-3-5-13-14/h3,5-6,10H,2,4,7-9,12H2,1H3. The molecule has 1 aromatic rings. The van der Waals surface area contributed by atoms with Crippen molar-refractivity contribution in [3.8, 4) is 0 Å². The first-order valence-corrected chi connectivity index (χ1v) is 6.87. The Morgan fingerprint density at radius 3 is 3.06 bits per heavy atom. The van der Waals surface area contributed by atoms with Crippen LogP contribution in [0.15, 0.2) is 18.5 Å². The molecule has 2 N–H and O–H groups in total. The normalized spacial score (nSPS) is 12.4. The third kappa shape index (κ3) is 5.74. The SMILES string of the molecule is CCOC(=O)C(N)CCSCCn1cccn1. The van der Waals surface area contributed by atoms with Crippen LogP contribution in [-0.4, -0.2) is 39.9 Å². The molecule has 0 aliphatic rings. The van der Waals surface area contributed by atoms with Gasteiger partial charge >= 0.3 is 5.97 Å². The van der Waals surface area contributed by atoms with Crippen LogP contribution < -0.4 is 5.73 Å². The van der Waals surface area contributed by atoms with Crippen molar-refractivity contribution in [2.45, 2.75) is 25.9 Å². The van der Waals surface area contributed by atoms with Gasteiger partial charge in [0.15, 0.2) is 0 Å². The van der Waals surface area contributed by atoms with Gasteiger partial charge < -0.3 is 10.5 Å². The summed E-state index contributed by atoms with van der Waals surface area (Å²) in [6.07, 6.45) is 4.36. The lowest BCUT2D eigenvalue weighted by molar-refractivity contribution is -0.144. The Kier molecular flexibility index (Phi) is 6.73. The van der Waals surface area contributed by atoms with E-state index >= 15 is 0 Å². The third-order valence-electron chi connectivity index (χ3n) is 2.19. The van der Waals surface area contributed by atoms with Crippen molar-refractivity contribution in [2.24, 2.45) is 5.73 Å². The Labute approximate surface area is 106 Å². The summed E-state index contributed by atoms with van der Waals surface area (Å²) in [5, 5.41) is 4.11. The number of aromatic nitrogens is 2. The molecule has 0 aliphatic carbocycles. The molecule has 6 heteroatoms. The second-order valence-corrected chi connectivity index (χ2v) is 4.75. The van der Waals surface area contributed by atoms with Gasteiger partial charge in [0.2, 0.25) is 0 Å². The highest BCUT2D eigenvalue weighted by Crippen LogP contribution is 2.05. The molecule has 0 radical (unpaired) electrons. The van der Waals surface area contributed by atoms with E-state index in [0.29, 0.717) is 13.0 Å². The van der Waals surface area contributed by atoms with Crippen molar-refractivity contribution in [3.05, 3.63) is 18.5 Å². The Morgan fingerprint density at radius 1 is 1.59 bits per heavy atom. The topological polar surface area (TPSA) is 70.1 Å². The minimum absolute atomic E-state index is 0.305. The molecule has 1 aromatic heterocycles. The van der Waals surface area contributed by atoms with E-state index in [4.69, 9.17) is 10.5 Å². The molecular formula is C11H19N3O2S. The second-order valence-electron chi connectivity index (χ2n) is 3.53. The summed E-state index contributed by atoms with van der Waals surface area (Å²) < 4.78 is 6.72. The smallest absolute Gasteiger partial charge is 0.322 e. The van der Waals surface area contributed by atoms with Gasteiger partial charge in [-0.25, -0.2) is 0 Å². The first-order valence-electron chi connectivity index (χ1n) is 5.71. The van der Waals surface area contributed by atoms with Gasteiger partial charge in [-0.1, -0.05) is 0 Å². The molecule has 0 fully saturated rings. The van der Waals surface area contributed by atoms with Crippen molar-refractivity contribution in [3.63, 3.8) is 0 Å². The molecule has 0 aromatic carbocycles. The van der Waals surface area contributed by atoms with Crippen molar-refractivity contribution >= 4 is 17.7 Å². The summed E-state index contributed by atoms with van der Waals surface area (Å²) in [6.45, 7) is 3.05. The van der Waals surface area contributed by atoms with Crippen molar-refractivity contribution in [1.82, 2.24) is 9.78 Å². The van der Waals surface area contributed by atoms with Gasteiger partial charge in [0.25, 0.3) is 0 Å². The number of hydrogen-bond donors (Lipinski definition) is 1.